The highest BCUT2D eigenvalue weighted by atomic mass is 35.5. The summed E-state index contributed by atoms with van der Waals surface area (Å²) in [5.74, 6) is -0.543. The normalized spacial score (nSPS) is 18.3. The summed E-state index contributed by atoms with van der Waals surface area (Å²) < 4.78 is 70.9. The number of nitrogens with zero attached hydrogens (tertiary/aromatic N) is 3. The van der Waals surface area contributed by atoms with Crippen LogP contribution in [-0.2, 0) is 26.0 Å². The second-order valence-electron chi connectivity index (χ2n) is 10.4. The number of carbonyl (C=O) groups excluding carboxylic acids is 1. The van der Waals surface area contributed by atoms with Gasteiger partial charge in [-0.1, -0.05) is 29.3 Å². The Morgan fingerprint density at radius 1 is 1.02 bits per heavy atom. The monoisotopic (exact) mass is 655 g/mol. The van der Waals surface area contributed by atoms with E-state index in [0.29, 0.717) is 36.5 Å². The Hall–Kier alpha value is -3.06. The molecule has 0 spiro atoms. The van der Waals surface area contributed by atoms with Crippen LogP contribution in [0.15, 0.2) is 60.0 Å². The summed E-state index contributed by atoms with van der Waals surface area (Å²) in [7, 11) is -4.05. The standard InChI is InChI=1S/C29H29Cl2F2N3O6S/c30-22-15-35-16-23(31)21(22)13-26(19-8-9-25(42-29(32)33)27(12-19)40-17-18-6-7-18)41-28(37)24-5-1-2-11-36(24)43(38,39)20-4-3-10-34-14-20/h3-4,8-10,12,14-16,18,24,26,29H,1-2,5-7,11,13,17H2/t24-,26-/m0/s1. The lowest BCUT2D eigenvalue weighted by atomic mass is 10.0. The largest absolute Gasteiger partial charge is 0.489 e. The number of pyridine rings is 2. The van der Waals surface area contributed by atoms with Crippen molar-refractivity contribution in [2.75, 3.05) is 13.2 Å². The van der Waals surface area contributed by atoms with Crippen LogP contribution in [0.5, 0.6) is 11.5 Å². The number of rotatable bonds is 12. The van der Waals surface area contributed by atoms with Crippen LogP contribution >= 0.6 is 23.2 Å². The molecular weight excluding hydrogens is 627 g/mol. The van der Waals surface area contributed by atoms with Crippen molar-refractivity contribution < 1.29 is 36.2 Å². The quantitative estimate of drug-likeness (QED) is 0.211. The van der Waals surface area contributed by atoms with Gasteiger partial charge in [0, 0.05) is 37.8 Å². The predicted molar refractivity (Wildman–Crippen MR) is 154 cm³/mol. The smallest absolute Gasteiger partial charge is 0.387 e. The first kappa shape index (κ1) is 31.4. The summed E-state index contributed by atoms with van der Waals surface area (Å²) in [5.41, 5.74) is 0.829. The average molecular weight is 657 g/mol. The Kier molecular flexibility index (Phi) is 10.0. The topological polar surface area (TPSA) is 108 Å². The third kappa shape index (κ3) is 7.72. The van der Waals surface area contributed by atoms with Gasteiger partial charge < -0.3 is 14.2 Å². The van der Waals surface area contributed by atoms with Gasteiger partial charge in [0.2, 0.25) is 10.0 Å². The molecule has 0 radical (unpaired) electrons. The van der Waals surface area contributed by atoms with Gasteiger partial charge in [0.25, 0.3) is 0 Å². The van der Waals surface area contributed by atoms with E-state index in [1.807, 2.05) is 0 Å². The van der Waals surface area contributed by atoms with Gasteiger partial charge in [-0.3, -0.25) is 14.8 Å². The molecule has 5 rings (SSSR count). The molecule has 1 aliphatic heterocycles. The van der Waals surface area contributed by atoms with E-state index in [1.165, 1.54) is 55.1 Å². The molecule has 2 aliphatic rings. The number of sulfonamides is 1. The number of benzene rings is 1. The number of piperidine rings is 1. The van der Waals surface area contributed by atoms with Crippen molar-refractivity contribution in [2.24, 2.45) is 5.92 Å². The van der Waals surface area contributed by atoms with E-state index >= 15 is 0 Å². The van der Waals surface area contributed by atoms with Crippen LogP contribution in [0.2, 0.25) is 10.0 Å². The van der Waals surface area contributed by atoms with E-state index in [0.717, 1.165) is 17.1 Å². The number of ether oxygens (including phenoxy) is 3. The lowest BCUT2D eigenvalue weighted by Gasteiger charge is -2.34. The SMILES string of the molecule is O=C(O[C@@H](Cc1c(Cl)cncc1Cl)c1ccc(OC(F)F)c(OCC2CC2)c1)[C@@H]1CCCCN1S(=O)(=O)c1cccnc1. The van der Waals surface area contributed by atoms with E-state index in [9.17, 15) is 22.0 Å². The lowest BCUT2D eigenvalue weighted by Crippen LogP contribution is -2.48. The molecule has 14 heteroatoms. The zero-order chi connectivity index (χ0) is 30.6. The Labute approximate surface area is 258 Å². The van der Waals surface area contributed by atoms with Gasteiger partial charge in [0.15, 0.2) is 11.5 Å². The molecule has 0 unspecified atom stereocenters. The Morgan fingerprint density at radius 3 is 2.47 bits per heavy atom. The molecule has 43 heavy (non-hydrogen) atoms. The number of alkyl halides is 2. The molecule has 1 aromatic carbocycles. The fourth-order valence-electron chi connectivity index (χ4n) is 4.85. The van der Waals surface area contributed by atoms with Crippen LogP contribution in [0.1, 0.15) is 49.3 Å². The minimum Gasteiger partial charge on any atom is -0.489 e. The molecule has 2 fully saturated rings. The molecule has 3 heterocycles. The first-order chi connectivity index (χ1) is 20.6. The van der Waals surface area contributed by atoms with Gasteiger partial charge >= 0.3 is 12.6 Å². The first-order valence-corrected chi connectivity index (χ1v) is 15.9. The molecule has 2 aromatic heterocycles. The maximum atomic E-state index is 13.8. The number of hydrogen-bond donors (Lipinski definition) is 0. The van der Waals surface area contributed by atoms with Crippen LogP contribution in [0.3, 0.4) is 0 Å². The summed E-state index contributed by atoms with van der Waals surface area (Å²) in [4.78, 5) is 21.6. The Balaban J connectivity index is 1.47. The maximum Gasteiger partial charge on any atom is 0.387 e. The van der Waals surface area contributed by atoms with Crippen molar-refractivity contribution in [3.63, 3.8) is 0 Å². The molecule has 1 aliphatic carbocycles. The van der Waals surface area contributed by atoms with Gasteiger partial charge in [0.05, 0.1) is 16.7 Å². The van der Waals surface area contributed by atoms with Gasteiger partial charge in [-0.2, -0.15) is 13.1 Å². The number of aromatic nitrogens is 2. The van der Waals surface area contributed by atoms with Crippen molar-refractivity contribution in [1.82, 2.24) is 14.3 Å². The summed E-state index contributed by atoms with van der Waals surface area (Å²) >= 11 is 12.8. The van der Waals surface area contributed by atoms with E-state index in [4.69, 9.17) is 32.7 Å². The molecule has 1 saturated heterocycles. The molecular formula is C29H29Cl2F2N3O6S. The highest BCUT2D eigenvalue weighted by Crippen LogP contribution is 2.38. The number of carbonyl (C=O) groups is 1. The van der Waals surface area contributed by atoms with Gasteiger partial charge in [-0.15, -0.1) is 0 Å². The van der Waals surface area contributed by atoms with Crippen molar-refractivity contribution in [2.45, 2.75) is 62.2 Å². The molecule has 2 atom stereocenters. The summed E-state index contributed by atoms with van der Waals surface area (Å²) in [5, 5.41) is 0.463. The summed E-state index contributed by atoms with van der Waals surface area (Å²) in [6.07, 6.45) is 7.82. The van der Waals surface area contributed by atoms with Crippen molar-refractivity contribution >= 4 is 39.2 Å². The fraction of sp³-hybridized carbons (Fsp3) is 0.414. The Bertz CT molecular complexity index is 1530. The maximum absolute atomic E-state index is 13.8. The molecule has 0 amide bonds. The molecule has 230 valence electrons. The lowest BCUT2D eigenvalue weighted by molar-refractivity contribution is -0.155. The van der Waals surface area contributed by atoms with Gasteiger partial charge in [-0.05, 0) is 73.4 Å². The van der Waals surface area contributed by atoms with Crippen molar-refractivity contribution in [3.05, 3.63) is 76.3 Å². The van der Waals surface area contributed by atoms with Crippen molar-refractivity contribution in [1.29, 1.82) is 0 Å². The molecule has 0 bridgehead atoms. The first-order valence-electron chi connectivity index (χ1n) is 13.7. The van der Waals surface area contributed by atoms with E-state index in [-0.39, 0.29) is 45.8 Å². The van der Waals surface area contributed by atoms with Crippen LogP contribution < -0.4 is 9.47 Å². The Morgan fingerprint density at radius 2 is 1.79 bits per heavy atom. The number of esters is 1. The molecule has 1 saturated carbocycles. The molecule has 9 nitrogen and oxygen atoms in total. The summed E-state index contributed by atoms with van der Waals surface area (Å²) in [6.45, 7) is -2.63. The molecule has 0 N–H and O–H groups in total. The van der Waals surface area contributed by atoms with Crippen LogP contribution in [0, 0.1) is 5.92 Å². The predicted octanol–water partition coefficient (Wildman–Crippen LogP) is 6.24. The van der Waals surface area contributed by atoms with Gasteiger partial charge in [0.1, 0.15) is 17.0 Å². The van der Waals surface area contributed by atoms with E-state index < -0.39 is 34.7 Å². The zero-order valence-corrected chi connectivity index (χ0v) is 25.2. The average Bonchev–Trinajstić information content (AvgIpc) is 3.83. The van der Waals surface area contributed by atoms with Crippen LogP contribution in [-0.4, -0.2) is 54.5 Å². The third-order valence-corrected chi connectivity index (χ3v) is 9.84. The van der Waals surface area contributed by atoms with E-state index in [2.05, 4.69) is 14.7 Å². The molecule has 3 aromatic rings. The number of halogens is 4. The van der Waals surface area contributed by atoms with Gasteiger partial charge in [-0.25, -0.2) is 8.42 Å². The van der Waals surface area contributed by atoms with Crippen LogP contribution in [0.4, 0.5) is 8.78 Å². The minimum absolute atomic E-state index is 0.00881. The zero-order valence-electron chi connectivity index (χ0n) is 22.9. The second kappa shape index (κ2) is 13.7. The highest BCUT2D eigenvalue weighted by molar-refractivity contribution is 7.89. The summed E-state index contributed by atoms with van der Waals surface area (Å²) in [6, 6.07) is 6.10. The third-order valence-electron chi connectivity index (χ3n) is 7.29. The van der Waals surface area contributed by atoms with E-state index in [1.54, 1.807) is 0 Å². The second-order valence-corrected chi connectivity index (χ2v) is 13.1. The minimum atomic E-state index is -4.05. The number of hydrogen-bond acceptors (Lipinski definition) is 8. The highest BCUT2D eigenvalue weighted by Gasteiger charge is 2.40. The fourth-order valence-corrected chi connectivity index (χ4v) is 6.98. The van der Waals surface area contributed by atoms with Crippen LogP contribution in [0.25, 0.3) is 0 Å². The van der Waals surface area contributed by atoms with Crippen molar-refractivity contribution in [3.8, 4) is 11.5 Å².